The summed E-state index contributed by atoms with van der Waals surface area (Å²) in [5.41, 5.74) is 1.72. The van der Waals surface area contributed by atoms with Gasteiger partial charge in [0.2, 0.25) is 0 Å². The number of benzene rings is 2. The first kappa shape index (κ1) is 23.0. The van der Waals surface area contributed by atoms with Gasteiger partial charge < -0.3 is 24.3 Å². The van der Waals surface area contributed by atoms with E-state index in [-0.39, 0.29) is 5.75 Å². The van der Waals surface area contributed by atoms with E-state index in [1.165, 1.54) is 34.5 Å². The summed E-state index contributed by atoms with van der Waals surface area (Å²) >= 11 is 0. The molecule has 0 atom stereocenters. The lowest BCUT2D eigenvalue weighted by Gasteiger charge is -2.13. The predicted octanol–water partition coefficient (Wildman–Crippen LogP) is 3.35. The van der Waals surface area contributed by atoms with E-state index >= 15 is 0 Å². The van der Waals surface area contributed by atoms with Gasteiger partial charge in [-0.05, 0) is 23.8 Å². The molecule has 0 aliphatic heterocycles. The summed E-state index contributed by atoms with van der Waals surface area (Å²) < 4.78 is 46.6. The van der Waals surface area contributed by atoms with E-state index in [4.69, 9.17) is 25.4 Å². The zero-order chi connectivity index (χ0) is 22.1. The fraction of sp³-hybridized carbons (Fsp3) is 0.273. The van der Waals surface area contributed by atoms with Crippen LogP contribution in [0.5, 0.6) is 23.0 Å². The van der Waals surface area contributed by atoms with Crippen molar-refractivity contribution in [3.63, 3.8) is 0 Å². The van der Waals surface area contributed by atoms with Crippen LogP contribution in [-0.4, -0.2) is 43.4 Å². The number of sulfone groups is 1. The minimum absolute atomic E-state index is 0.195. The van der Waals surface area contributed by atoms with Gasteiger partial charge >= 0.3 is 0 Å². The third-order valence-electron chi connectivity index (χ3n) is 4.21. The van der Waals surface area contributed by atoms with E-state index in [0.29, 0.717) is 46.4 Å². The Morgan fingerprint density at radius 3 is 2.13 bits per heavy atom. The second-order valence-corrected chi connectivity index (χ2v) is 8.03. The van der Waals surface area contributed by atoms with Gasteiger partial charge in [0.25, 0.3) is 0 Å². The Morgan fingerprint density at radius 2 is 1.60 bits per heavy atom. The number of rotatable bonds is 10. The fourth-order valence-electron chi connectivity index (χ4n) is 2.78. The van der Waals surface area contributed by atoms with Crippen LogP contribution >= 0.6 is 0 Å². The molecule has 0 bridgehead atoms. The van der Waals surface area contributed by atoms with Crippen molar-refractivity contribution in [2.75, 3.05) is 40.3 Å². The van der Waals surface area contributed by atoms with Crippen LogP contribution in [0.4, 0.5) is 5.69 Å². The van der Waals surface area contributed by atoms with Crippen molar-refractivity contribution in [1.82, 2.24) is 0 Å². The van der Waals surface area contributed by atoms with Crippen molar-refractivity contribution in [2.24, 2.45) is 0 Å². The molecule has 7 nitrogen and oxygen atoms in total. The van der Waals surface area contributed by atoms with Crippen molar-refractivity contribution >= 4 is 21.6 Å². The Bertz CT molecular complexity index is 1030. The molecule has 0 saturated heterocycles. The average Bonchev–Trinajstić information content (AvgIpc) is 2.75. The van der Waals surface area contributed by atoms with E-state index in [9.17, 15) is 8.42 Å². The van der Waals surface area contributed by atoms with Gasteiger partial charge in [0.15, 0.2) is 9.84 Å². The highest BCUT2D eigenvalue weighted by atomic mass is 32.2. The summed E-state index contributed by atoms with van der Waals surface area (Å²) in [5.74, 6) is 4.26. The molecule has 0 aliphatic carbocycles. The Kier molecular flexibility index (Phi) is 8.01. The number of hydrogen-bond acceptors (Lipinski definition) is 7. The molecule has 30 heavy (non-hydrogen) atoms. The second-order valence-electron chi connectivity index (χ2n) is 6.15. The Balaban J connectivity index is 2.32. The first-order valence-electron chi connectivity index (χ1n) is 8.92. The van der Waals surface area contributed by atoms with E-state index in [2.05, 4.69) is 11.2 Å². The van der Waals surface area contributed by atoms with Gasteiger partial charge in [-0.3, -0.25) is 0 Å². The van der Waals surface area contributed by atoms with Gasteiger partial charge in [0.05, 0.1) is 52.0 Å². The summed E-state index contributed by atoms with van der Waals surface area (Å²) in [5, 5.41) is 4.16. The average molecular weight is 432 g/mol. The topological polar surface area (TPSA) is 83.1 Å². The zero-order valence-electron chi connectivity index (χ0n) is 17.4. The van der Waals surface area contributed by atoms with Crippen molar-refractivity contribution in [3.05, 3.63) is 46.9 Å². The summed E-state index contributed by atoms with van der Waals surface area (Å²) in [7, 11) is 2.45. The van der Waals surface area contributed by atoms with Crippen molar-refractivity contribution < 1.29 is 27.4 Å². The minimum Gasteiger partial charge on any atom is -0.496 e. The van der Waals surface area contributed by atoms with Crippen molar-refractivity contribution in [3.8, 4) is 35.3 Å². The lowest BCUT2D eigenvalue weighted by molar-refractivity contribution is 0.374. The summed E-state index contributed by atoms with van der Waals surface area (Å²) in [4.78, 5) is 0. The lowest BCUT2D eigenvalue weighted by Crippen LogP contribution is -2.04. The van der Waals surface area contributed by atoms with Crippen LogP contribution in [0, 0.1) is 12.3 Å². The first-order valence-corrected chi connectivity index (χ1v) is 10.6. The van der Waals surface area contributed by atoms with Crippen LogP contribution in [0.2, 0.25) is 0 Å². The molecule has 0 saturated carbocycles. The lowest BCUT2D eigenvalue weighted by atomic mass is 10.1. The number of nitrogens with one attached hydrogen (secondary N) is 1. The predicted molar refractivity (Wildman–Crippen MR) is 118 cm³/mol. The van der Waals surface area contributed by atoms with Crippen LogP contribution in [0.25, 0.3) is 6.08 Å². The smallest absolute Gasteiger partial charge is 0.175 e. The van der Waals surface area contributed by atoms with Crippen molar-refractivity contribution in [1.29, 1.82) is 0 Å². The standard InChI is InChI=1S/C22H25NO6S/c1-6-10-23-19-12-16(7-8-20(19)27-3)15-30(24,25)11-9-18-21(28-4)13-17(26-2)14-22(18)29-5/h1,7-9,11-14,23H,10,15H2,2-5H3/b11-9+. The molecule has 2 rings (SSSR count). The highest BCUT2D eigenvalue weighted by Crippen LogP contribution is 2.35. The second kappa shape index (κ2) is 10.5. The zero-order valence-corrected chi connectivity index (χ0v) is 18.2. The highest BCUT2D eigenvalue weighted by Gasteiger charge is 2.14. The largest absolute Gasteiger partial charge is 0.496 e. The van der Waals surface area contributed by atoms with Crippen LogP contribution in [-0.2, 0) is 15.6 Å². The van der Waals surface area contributed by atoms with Gasteiger partial charge in [0.1, 0.15) is 23.0 Å². The van der Waals surface area contributed by atoms with Crippen molar-refractivity contribution in [2.45, 2.75) is 5.75 Å². The van der Waals surface area contributed by atoms with E-state index in [1.54, 1.807) is 30.3 Å². The molecule has 0 fully saturated rings. The third kappa shape index (κ3) is 5.84. The molecule has 0 amide bonds. The van der Waals surface area contributed by atoms with Crippen LogP contribution in [0.1, 0.15) is 11.1 Å². The number of hydrogen-bond donors (Lipinski definition) is 1. The summed E-state index contributed by atoms with van der Waals surface area (Å²) in [6.45, 7) is 0.295. The number of ether oxygens (including phenoxy) is 4. The number of anilines is 1. The van der Waals surface area contributed by atoms with Crippen LogP contribution in [0.15, 0.2) is 35.7 Å². The molecule has 8 heteroatoms. The Morgan fingerprint density at radius 1 is 0.967 bits per heavy atom. The monoisotopic (exact) mass is 431 g/mol. The maximum Gasteiger partial charge on any atom is 0.175 e. The number of methoxy groups -OCH3 is 4. The SMILES string of the molecule is C#CCNc1cc(CS(=O)(=O)/C=C/c2c(OC)cc(OC)cc2OC)ccc1OC. The molecule has 0 aliphatic rings. The molecular formula is C22H25NO6S. The number of terminal acetylenes is 1. The maximum atomic E-state index is 12.7. The summed E-state index contributed by atoms with van der Waals surface area (Å²) in [6, 6.07) is 8.41. The normalized spacial score (nSPS) is 11.0. The fourth-order valence-corrected chi connectivity index (χ4v) is 3.86. The van der Waals surface area contributed by atoms with Gasteiger partial charge in [-0.1, -0.05) is 12.0 Å². The molecular weight excluding hydrogens is 406 g/mol. The molecule has 0 aromatic heterocycles. The first-order chi connectivity index (χ1) is 14.4. The molecule has 0 unspecified atom stereocenters. The van der Waals surface area contributed by atoms with E-state index < -0.39 is 9.84 Å². The third-order valence-corrected chi connectivity index (χ3v) is 5.49. The van der Waals surface area contributed by atoms with Crippen LogP contribution < -0.4 is 24.3 Å². The Labute approximate surface area is 177 Å². The van der Waals surface area contributed by atoms with Crippen LogP contribution in [0.3, 0.4) is 0 Å². The van der Waals surface area contributed by atoms with E-state index in [0.717, 1.165) is 5.41 Å². The van der Waals surface area contributed by atoms with Gasteiger partial charge in [-0.2, -0.15) is 0 Å². The van der Waals surface area contributed by atoms with Gasteiger partial charge in [-0.15, -0.1) is 6.42 Å². The quantitative estimate of drug-likeness (QED) is 0.578. The van der Waals surface area contributed by atoms with Gasteiger partial charge in [0, 0.05) is 17.5 Å². The minimum atomic E-state index is -3.59. The Hall–Kier alpha value is -3.31. The molecule has 0 radical (unpaired) electrons. The maximum absolute atomic E-state index is 12.7. The summed E-state index contributed by atoms with van der Waals surface area (Å²) in [6.07, 6.45) is 6.73. The molecule has 0 spiro atoms. The van der Waals surface area contributed by atoms with E-state index in [1.807, 2.05) is 0 Å². The van der Waals surface area contributed by atoms with Gasteiger partial charge in [-0.25, -0.2) is 8.42 Å². The molecule has 0 heterocycles. The molecule has 2 aromatic carbocycles. The molecule has 160 valence electrons. The highest BCUT2D eigenvalue weighted by molar-refractivity contribution is 7.93. The molecule has 2 aromatic rings. The molecule has 1 N–H and O–H groups in total.